The van der Waals surface area contributed by atoms with Crippen molar-refractivity contribution in [2.75, 3.05) is 25.6 Å². The minimum absolute atomic E-state index is 0.172. The standard InChI is InChI=1S/C14H21NO3/c1-10(2)12(9-16)8-15-13-6-4-11(5-7-13)14(17)18-3/h4-7,10,12,15-16H,8-9H2,1-3H3. The molecule has 0 aliphatic carbocycles. The average molecular weight is 251 g/mol. The number of hydrogen-bond acceptors (Lipinski definition) is 4. The molecule has 0 bridgehead atoms. The second kappa shape index (κ2) is 7.01. The summed E-state index contributed by atoms with van der Waals surface area (Å²) in [4.78, 5) is 11.3. The third-order valence-corrected chi connectivity index (χ3v) is 3.05. The van der Waals surface area contributed by atoms with Gasteiger partial charge in [0.05, 0.1) is 12.7 Å². The minimum Gasteiger partial charge on any atom is -0.465 e. The van der Waals surface area contributed by atoms with Crippen LogP contribution in [0.2, 0.25) is 0 Å². The molecule has 0 saturated carbocycles. The Labute approximate surface area is 108 Å². The number of carbonyl (C=O) groups is 1. The quantitative estimate of drug-likeness (QED) is 0.761. The van der Waals surface area contributed by atoms with E-state index in [0.29, 0.717) is 18.0 Å². The van der Waals surface area contributed by atoms with Crippen LogP contribution in [0.4, 0.5) is 5.69 Å². The van der Waals surface area contributed by atoms with Crippen LogP contribution in [0, 0.1) is 11.8 Å². The second-order valence-electron chi connectivity index (χ2n) is 4.64. The molecule has 0 fully saturated rings. The molecule has 1 unspecified atom stereocenters. The fourth-order valence-electron chi connectivity index (χ4n) is 1.60. The zero-order valence-electron chi connectivity index (χ0n) is 11.1. The average Bonchev–Trinajstić information content (AvgIpc) is 2.39. The van der Waals surface area contributed by atoms with E-state index in [1.807, 2.05) is 12.1 Å². The highest BCUT2D eigenvalue weighted by atomic mass is 16.5. The van der Waals surface area contributed by atoms with E-state index in [1.54, 1.807) is 12.1 Å². The Kier molecular flexibility index (Phi) is 5.65. The van der Waals surface area contributed by atoms with Gasteiger partial charge in [0.1, 0.15) is 0 Å². The van der Waals surface area contributed by atoms with Gasteiger partial charge in [-0.25, -0.2) is 4.79 Å². The molecule has 0 saturated heterocycles. The molecule has 18 heavy (non-hydrogen) atoms. The fraction of sp³-hybridized carbons (Fsp3) is 0.500. The van der Waals surface area contributed by atoms with Crippen LogP contribution in [0.3, 0.4) is 0 Å². The Bertz CT molecular complexity index is 373. The van der Waals surface area contributed by atoms with Gasteiger partial charge < -0.3 is 15.2 Å². The van der Waals surface area contributed by atoms with E-state index in [1.165, 1.54) is 7.11 Å². The van der Waals surface area contributed by atoms with Gasteiger partial charge in [-0.3, -0.25) is 0 Å². The summed E-state index contributed by atoms with van der Waals surface area (Å²) in [7, 11) is 1.36. The molecular weight excluding hydrogens is 230 g/mol. The molecule has 1 aromatic carbocycles. The van der Waals surface area contributed by atoms with Crippen molar-refractivity contribution in [2.24, 2.45) is 11.8 Å². The number of ether oxygens (including phenoxy) is 1. The first-order valence-electron chi connectivity index (χ1n) is 6.11. The van der Waals surface area contributed by atoms with Gasteiger partial charge in [0.15, 0.2) is 0 Å². The van der Waals surface area contributed by atoms with Gasteiger partial charge in [0.25, 0.3) is 0 Å². The zero-order valence-corrected chi connectivity index (χ0v) is 11.1. The van der Waals surface area contributed by atoms with Crippen LogP contribution in [-0.2, 0) is 4.74 Å². The first kappa shape index (κ1) is 14.5. The second-order valence-corrected chi connectivity index (χ2v) is 4.64. The van der Waals surface area contributed by atoms with Crippen LogP contribution in [-0.4, -0.2) is 31.3 Å². The van der Waals surface area contributed by atoms with Crippen LogP contribution in [0.25, 0.3) is 0 Å². The number of hydrogen-bond donors (Lipinski definition) is 2. The maximum Gasteiger partial charge on any atom is 0.337 e. The Balaban J connectivity index is 2.56. The van der Waals surface area contributed by atoms with Crippen molar-refractivity contribution in [3.05, 3.63) is 29.8 Å². The number of aliphatic hydroxyl groups excluding tert-OH is 1. The highest BCUT2D eigenvalue weighted by Gasteiger charge is 2.11. The van der Waals surface area contributed by atoms with Crippen molar-refractivity contribution >= 4 is 11.7 Å². The number of aliphatic hydroxyl groups is 1. The zero-order chi connectivity index (χ0) is 13.5. The molecule has 2 N–H and O–H groups in total. The summed E-state index contributed by atoms with van der Waals surface area (Å²) in [6.07, 6.45) is 0. The van der Waals surface area contributed by atoms with Crippen molar-refractivity contribution in [1.29, 1.82) is 0 Å². The van der Waals surface area contributed by atoms with Crippen LogP contribution >= 0.6 is 0 Å². The lowest BCUT2D eigenvalue weighted by molar-refractivity contribution is 0.0601. The maximum absolute atomic E-state index is 11.3. The predicted molar refractivity (Wildman–Crippen MR) is 71.7 cm³/mol. The molecule has 1 rings (SSSR count). The maximum atomic E-state index is 11.3. The topological polar surface area (TPSA) is 58.6 Å². The normalized spacial score (nSPS) is 12.3. The lowest BCUT2D eigenvalue weighted by Crippen LogP contribution is -2.22. The van der Waals surface area contributed by atoms with Gasteiger partial charge in [0, 0.05) is 24.8 Å². The molecule has 4 nitrogen and oxygen atoms in total. The number of rotatable bonds is 6. The molecule has 0 spiro atoms. The third kappa shape index (κ3) is 4.04. The van der Waals surface area contributed by atoms with Gasteiger partial charge in [-0.05, 0) is 30.2 Å². The van der Waals surface area contributed by atoms with Gasteiger partial charge in [-0.1, -0.05) is 13.8 Å². The summed E-state index contributed by atoms with van der Waals surface area (Å²) in [5, 5.41) is 12.5. The molecule has 1 aromatic rings. The Morgan fingerprint density at radius 2 is 1.94 bits per heavy atom. The minimum atomic E-state index is -0.336. The Morgan fingerprint density at radius 3 is 2.39 bits per heavy atom. The summed E-state index contributed by atoms with van der Waals surface area (Å²) in [6, 6.07) is 7.11. The lowest BCUT2D eigenvalue weighted by atomic mass is 9.97. The summed E-state index contributed by atoms with van der Waals surface area (Å²) < 4.78 is 4.63. The highest BCUT2D eigenvalue weighted by Crippen LogP contribution is 2.14. The monoisotopic (exact) mass is 251 g/mol. The SMILES string of the molecule is COC(=O)c1ccc(NCC(CO)C(C)C)cc1. The Morgan fingerprint density at radius 1 is 1.33 bits per heavy atom. The summed E-state index contributed by atoms with van der Waals surface area (Å²) in [5.41, 5.74) is 1.47. The number of methoxy groups -OCH3 is 1. The molecule has 0 heterocycles. The van der Waals surface area contributed by atoms with E-state index in [9.17, 15) is 9.90 Å². The van der Waals surface area contributed by atoms with E-state index < -0.39 is 0 Å². The van der Waals surface area contributed by atoms with Crippen molar-refractivity contribution in [3.63, 3.8) is 0 Å². The third-order valence-electron chi connectivity index (χ3n) is 3.05. The molecule has 0 aromatic heterocycles. The number of anilines is 1. The van der Waals surface area contributed by atoms with E-state index >= 15 is 0 Å². The predicted octanol–water partition coefficient (Wildman–Crippen LogP) is 2.15. The Hall–Kier alpha value is -1.55. The van der Waals surface area contributed by atoms with Crippen molar-refractivity contribution in [3.8, 4) is 0 Å². The molecule has 0 aliphatic heterocycles. The van der Waals surface area contributed by atoms with Gasteiger partial charge >= 0.3 is 5.97 Å². The number of esters is 1. The van der Waals surface area contributed by atoms with Crippen molar-refractivity contribution < 1.29 is 14.6 Å². The molecule has 0 aliphatic rings. The molecule has 100 valence electrons. The van der Waals surface area contributed by atoms with Crippen LogP contribution < -0.4 is 5.32 Å². The molecule has 0 radical (unpaired) electrons. The van der Waals surface area contributed by atoms with Gasteiger partial charge in [-0.15, -0.1) is 0 Å². The van der Waals surface area contributed by atoms with Crippen LogP contribution in [0.1, 0.15) is 24.2 Å². The largest absolute Gasteiger partial charge is 0.465 e. The first-order chi connectivity index (χ1) is 8.58. The van der Waals surface area contributed by atoms with Crippen molar-refractivity contribution in [2.45, 2.75) is 13.8 Å². The van der Waals surface area contributed by atoms with E-state index in [4.69, 9.17) is 0 Å². The number of nitrogens with one attached hydrogen (secondary N) is 1. The van der Waals surface area contributed by atoms with E-state index in [0.717, 1.165) is 5.69 Å². The van der Waals surface area contributed by atoms with Crippen LogP contribution in [0.15, 0.2) is 24.3 Å². The summed E-state index contributed by atoms with van der Waals surface area (Å²) >= 11 is 0. The molecule has 0 amide bonds. The van der Waals surface area contributed by atoms with Gasteiger partial charge in [0.2, 0.25) is 0 Å². The summed E-state index contributed by atoms with van der Waals surface area (Å²) in [6.45, 7) is 5.06. The number of benzene rings is 1. The first-order valence-corrected chi connectivity index (χ1v) is 6.11. The molecule has 4 heteroatoms. The number of carbonyl (C=O) groups excluding carboxylic acids is 1. The van der Waals surface area contributed by atoms with E-state index in [2.05, 4.69) is 23.9 Å². The van der Waals surface area contributed by atoms with Crippen LogP contribution in [0.5, 0.6) is 0 Å². The lowest BCUT2D eigenvalue weighted by Gasteiger charge is -2.19. The molecule has 1 atom stereocenters. The van der Waals surface area contributed by atoms with Crippen molar-refractivity contribution in [1.82, 2.24) is 0 Å². The fourth-order valence-corrected chi connectivity index (χ4v) is 1.60. The van der Waals surface area contributed by atoms with E-state index in [-0.39, 0.29) is 18.5 Å². The highest BCUT2D eigenvalue weighted by molar-refractivity contribution is 5.89. The smallest absolute Gasteiger partial charge is 0.337 e. The summed E-state index contributed by atoms with van der Waals surface area (Å²) in [5.74, 6) is 0.319. The van der Waals surface area contributed by atoms with Gasteiger partial charge in [-0.2, -0.15) is 0 Å². The molecular formula is C14H21NO3.